The van der Waals surface area contributed by atoms with Crippen molar-refractivity contribution in [3.8, 4) is 0 Å². The number of carbonyl (C=O) groups excluding carboxylic acids is 1. The number of nitrogens with zero attached hydrogens (tertiary/aromatic N) is 1. The summed E-state index contributed by atoms with van der Waals surface area (Å²) in [5.74, 6) is -0.741. The fraction of sp³-hybridized carbons (Fsp3) is 0. The number of rotatable bonds is 1. The first kappa shape index (κ1) is 10.3. The first-order valence-corrected chi connectivity index (χ1v) is 4.80. The van der Waals surface area contributed by atoms with Crippen molar-refractivity contribution in [2.75, 3.05) is 0 Å². The lowest BCUT2D eigenvalue weighted by molar-refractivity contribution is 0.107. The van der Waals surface area contributed by atoms with Crippen LogP contribution in [0.25, 0.3) is 10.9 Å². The van der Waals surface area contributed by atoms with E-state index >= 15 is 0 Å². The van der Waals surface area contributed by atoms with Crippen molar-refractivity contribution in [1.82, 2.24) is 4.98 Å². The molecule has 0 spiro atoms. The molecule has 0 atom stereocenters. The molecule has 2 nitrogen and oxygen atoms in total. The molecule has 1 heterocycles. The maximum absolute atomic E-state index is 13.7. The molecule has 0 fully saturated rings. The number of pyridine rings is 1. The van der Waals surface area contributed by atoms with E-state index in [4.69, 9.17) is 23.2 Å². The van der Waals surface area contributed by atoms with Crippen molar-refractivity contribution in [2.45, 2.75) is 0 Å². The molecule has 15 heavy (non-hydrogen) atoms. The van der Waals surface area contributed by atoms with E-state index in [9.17, 15) is 9.18 Å². The Hall–Kier alpha value is -1.19. The fourth-order valence-electron chi connectivity index (χ4n) is 1.28. The number of halogens is 3. The molecule has 0 saturated heterocycles. The monoisotopic (exact) mass is 243 g/mol. The van der Waals surface area contributed by atoms with Crippen molar-refractivity contribution >= 4 is 39.3 Å². The molecular weight excluding hydrogens is 240 g/mol. The van der Waals surface area contributed by atoms with E-state index < -0.39 is 11.1 Å². The minimum absolute atomic E-state index is 0.0500. The summed E-state index contributed by atoms with van der Waals surface area (Å²) in [4.78, 5) is 14.7. The summed E-state index contributed by atoms with van der Waals surface area (Å²) in [5, 5.41) is -0.115. The number of carbonyl (C=O) groups is 1. The van der Waals surface area contributed by atoms with Gasteiger partial charge in [0, 0.05) is 5.39 Å². The maximum atomic E-state index is 13.7. The molecule has 2 aromatic rings. The van der Waals surface area contributed by atoms with Crippen LogP contribution in [0, 0.1) is 5.82 Å². The van der Waals surface area contributed by atoms with E-state index in [0.29, 0.717) is 5.39 Å². The maximum Gasteiger partial charge on any atom is 0.255 e. The zero-order chi connectivity index (χ0) is 11.0. The average Bonchev–Trinajstić information content (AvgIpc) is 2.19. The minimum Gasteiger partial charge on any atom is -0.275 e. The van der Waals surface area contributed by atoms with Crippen LogP contribution in [-0.4, -0.2) is 10.2 Å². The first-order valence-electron chi connectivity index (χ1n) is 4.04. The highest BCUT2D eigenvalue weighted by Gasteiger charge is 2.13. The van der Waals surface area contributed by atoms with E-state index in [1.807, 2.05) is 0 Å². The van der Waals surface area contributed by atoms with Crippen molar-refractivity contribution in [3.05, 3.63) is 40.8 Å². The Morgan fingerprint density at radius 2 is 1.93 bits per heavy atom. The smallest absolute Gasteiger partial charge is 0.255 e. The first-order chi connectivity index (χ1) is 7.09. The predicted octanol–water partition coefficient (Wildman–Crippen LogP) is 3.41. The molecule has 0 bridgehead atoms. The Bertz CT molecular complexity index is 556. The van der Waals surface area contributed by atoms with Crippen LogP contribution in [0.1, 0.15) is 10.4 Å². The number of hydrogen-bond acceptors (Lipinski definition) is 2. The molecule has 1 aromatic heterocycles. The molecule has 5 heteroatoms. The third-order valence-electron chi connectivity index (χ3n) is 1.98. The molecule has 0 unspecified atom stereocenters. The summed E-state index contributed by atoms with van der Waals surface area (Å²) in [6.07, 6.45) is 0. The summed E-state index contributed by atoms with van der Waals surface area (Å²) in [5.41, 5.74) is -0.145. The second-order valence-corrected chi connectivity index (χ2v) is 3.64. The normalized spacial score (nSPS) is 10.6. The van der Waals surface area contributed by atoms with Crippen LogP contribution in [-0.2, 0) is 0 Å². The molecular formula is C10H4Cl2FNO. The van der Waals surface area contributed by atoms with Gasteiger partial charge in [0.05, 0.1) is 5.56 Å². The van der Waals surface area contributed by atoms with Gasteiger partial charge in [-0.2, -0.15) is 0 Å². The Kier molecular flexibility index (Phi) is 2.59. The molecule has 0 saturated carbocycles. The van der Waals surface area contributed by atoms with Crippen molar-refractivity contribution in [2.24, 2.45) is 0 Å². The van der Waals surface area contributed by atoms with Crippen LogP contribution >= 0.6 is 23.2 Å². The Balaban J connectivity index is 2.82. The van der Waals surface area contributed by atoms with Gasteiger partial charge < -0.3 is 0 Å². The van der Waals surface area contributed by atoms with Crippen LogP contribution in [0.15, 0.2) is 24.3 Å². The van der Waals surface area contributed by atoms with E-state index in [1.54, 1.807) is 18.2 Å². The SMILES string of the molecule is O=C(Cl)c1ccc2ccc(Cl)nc2c1F. The number of hydrogen-bond donors (Lipinski definition) is 0. The van der Waals surface area contributed by atoms with Gasteiger partial charge in [0.15, 0.2) is 5.82 Å². The quantitative estimate of drug-likeness (QED) is 0.568. The highest BCUT2D eigenvalue weighted by Crippen LogP contribution is 2.22. The lowest BCUT2D eigenvalue weighted by Gasteiger charge is -2.02. The summed E-state index contributed by atoms with van der Waals surface area (Å²) in [6, 6.07) is 6.06. The molecule has 76 valence electrons. The second kappa shape index (κ2) is 3.76. The van der Waals surface area contributed by atoms with Gasteiger partial charge >= 0.3 is 0 Å². The Morgan fingerprint density at radius 3 is 2.60 bits per heavy atom. The van der Waals surface area contributed by atoms with E-state index in [0.717, 1.165) is 0 Å². The Morgan fingerprint density at radius 1 is 1.27 bits per heavy atom. The van der Waals surface area contributed by atoms with E-state index in [2.05, 4.69) is 4.98 Å². The lowest BCUT2D eigenvalue weighted by Crippen LogP contribution is -1.96. The third kappa shape index (κ3) is 1.80. The topological polar surface area (TPSA) is 30.0 Å². The zero-order valence-electron chi connectivity index (χ0n) is 7.30. The van der Waals surface area contributed by atoms with Crippen molar-refractivity contribution in [1.29, 1.82) is 0 Å². The van der Waals surface area contributed by atoms with E-state index in [-0.39, 0.29) is 16.2 Å². The van der Waals surface area contributed by atoms with Gasteiger partial charge in [-0.25, -0.2) is 9.37 Å². The van der Waals surface area contributed by atoms with Crippen LogP contribution in [0.4, 0.5) is 4.39 Å². The molecule has 2 rings (SSSR count). The number of benzene rings is 1. The molecule has 0 aliphatic heterocycles. The van der Waals surface area contributed by atoms with Gasteiger partial charge in [0.25, 0.3) is 5.24 Å². The summed E-state index contributed by atoms with van der Waals surface area (Å²) in [7, 11) is 0. The molecule has 0 aliphatic rings. The highest BCUT2D eigenvalue weighted by atomic mass is 35.5. The predicted molar refractivity (Wildman–Crippen MR) is 56.9 cm³/mol. The Labute approximate surface area is 94.6 Å². The molecule has 0 radical (unpaired) electrons. The average molecular weight is 244 g/mol. The zero-order valence-corrected chi connectivity index (χ0v) is 8.81. The summed E-state index contributed by atoms with van der Waals surface area (Å²) >= 11 is 10.8. The summed E-state index contributed by atoms with van der Waals surface area (Å²) in [6.45, 7) is 0. The lowest BCUT2D eigenvalue weighted by atomic mass is 10.1. The third-order valence-corrected chi connectivity index (χ3v) is 2.39. The van der Waals surface area contributed by atoms with E-state index in [1.165, 1.54) is 6.07 Å². The minimum atomic E-state index is -0.851. The van der Waals surface area contributed by atoms with Gasteiger partial charge in [-0.15, -0.1) is 0 Å². The van der Waals surface area contributed by atoms with Crippen LogP contribution < -0.4 is 0 Å². The molecule has 0 aliphatic carbocycles. The van der Waals surface area contributed by atoms with Gasteiger partial charge in [-0.05, 0) is 29.8 Å². The van der Waals surface area contributed by atoms with Crippen LogP contribution in [0.5, 0.6) is 0 Å². The molecule has 0 N–H and O–H groups in total. The summed E-state index contributed by atoms with van der Waals surface area (Å²) < 4.78 is 13.7. The standard InChI is InChI=1S/C10H4Cl2FNO/c11-7-4-2-5-1-3-6(10(12)15)8(13)9(5)14-7/h1-4H. The second-order valence-electron chi connectivity index (χ2n) is 2.91. The fourth-order valence-corrected chi connectivity index (χ4v) is 1.58. The van der Waals surface area contributed by atoms with Crippen LogP contribution in [0.2, 0.25) is 5.15 Å². The largest absolute Gasteiger partial charge is 0.275 e. The number of aromatic nitrogens is 1. The highest BCUT2D eigenvalue weighted by molar-refractivity contribution is 6.67. The van der Waals surface area contributed by atoms with Crippen molar-refractivity contribution < 1.29 is 9.18 Å². The van der Waals surface area contributed by atoms with Gasteiger partial charge in [0.1, 0.15) is 10.7 Å². The molecule has 1 aromatic carbocycles. The van der Waals surface area contributed by atoms with Gasteiger partial charge in [-0.3, -0.25) is 4.79 Å². The van der Waals surface area contributed by atoms with Gasteiger partial charge in [-0.1, -0.05) is 17.7 Å². The van der Waals surface area contributed by atoms with Gasteiger partial charge in [0.2, 0.25) is 0 Å². The van der Waals surface area contributed by atoms with Crippen LogP contribution in [0.3, 0.4) is 0 Å². The van der Waals surface area contributed by atoms with Crippen molar-refractivity contribution in [3.63, 3.8) is 0 Å². The number of fused-ring (bicyclic) bond motifs is 1. The molecule has 0 amide bonds.